The minimum Gasteiger partial charge on any atom is -0.106 e. The molecule has 0 radical (unpaired) electrons. The normalized spacial score (nSPS) is 10.2. The topological polar surface area (TPSA) is 0 Å². The molecule has 0 heterocycles. The van der Waals surface area contributed by atoms with Crippen molar-refractivity contribution in [3.05, 3.63) is 29.8 Å². The van der Waals surface area contributed by atoms with Gasteiger partial charge in [0.1, 0.15) is 0 Å². The first-order valence-electron chi connectivity index (χ1n) is 4.27. The van der Waals surface area contributed by atoms with E-state index in [1.807, 2.05) is 0 Å². The maximum atomic E-state index is 4.22. The van der Waals surface area contributed by atoms with Crippen LogP contribution in [0.5, 0.6) is 0 Å². The fraction of sp³-hybridized carbons (Fsp3) is 0.400. The van der Waals surface area contributed by atoms with E-state index in [1.165, 1.54) is 29.7 Å². The van der Waals surface area contributed by atoms with Gasteiger partial charge in [0.05, 0.1) is 0 Å². The Morgan fingerprint density at radius 1 is 1.33 bits per heavy atom. The molecule has 0 aromatic heterocycles. The fourth-order valence-corrected chi connectivity index (χ4v) is 2.13. The molecule has 1 rings (SSSR count). The second-order valence-corrected chi connectivity index (χ2v) is 3.97. The van der Waals surface area contributed by atoms with Crippen molar-refractivity contribution < 1.29 is 0 Å². The van der Waals surface area contributed by atoms with E-state index in [4.69, 9.17) is 0 Å². The van der Waals surface area contributed by atoms with E-state index in [9.17, 15) is 0 Å². The minimum atomic E-state index is 1.18. The zero-order chi connectivity index (χ0) is 8.81. The Hall–Kier alpha value is -0.0800. The lowest BCUT2D eigenvalue weighted by Gasteiger charge is -2.04. The van der Waals surface area contributed by atoms with Crippen LogP contribution < -0.4 is 0 Å². The van der Waals surface area contributed by atoms with Gasteiger partial charge in [-0.2, -0.15) is 0 Å². The summed E-state index contributed by atoms with van der Waals surface area (Å²) in [7, 11) is 1.54. The first-order chi connectivity index (χ1) is 5.88. The van der Waals surface area contributed by atoms with E-state index in [2.05, 4.69) is 42.9 Å². The van der Waals surface area contributed by atoms with Crippen molar-refractivity contribution in [3.63, 3.8) is 0 Å². The summed E-state index contributed by atoms with van der Waals surface area (Å²) in [4.78, 5) is 1.30. The monoisotopic (exact) mass is 198 g/mol. The molecule has 0 saturated heterocycles. The zero-order valence-corrected chi connectivity index (χ0v) is 9.00. The summed E-state index contributed by atoms with van der Waals surface area (Å²) in [6, 6.07) is 8.48. The Kier molecular flexibility index (Phi) is 4.62. The second kappa shape index (κ2) is 5.55. The lowest BCUT2D eigenvalue weighted by Crippen LogP contribution is -1.86. The van der Waals surface area contributed by atoms with E-state index in [0.717, 1.165) is 0 Å². The highest BCUT2D eigenvalue weighted by Gasteiger charge is 1.98. The number of rotatable bonds is 4. The van der Waals surface area contributed by atoms with Crippen molar-refractivity contribution in [1.82, 2.24) is 0 Å². The summed E-state index contributed by atoms with van der Waals surface area (Å²) >= 11 is 4.22. The lowest BCUT2D eigenvalue weighted by molar-refractivity contribution is 0.785. The van der Waals surface area contributed by atoms with Gasteiger partial charge in [-0.25, -0.2) is 0 Å². The highest BCUT2D eigenvalue weighted by Crippen LogP contribution is 2.26. The third kappa shape index (κ3) is 2.76. The van der Waals surface area contributed by atoms with Crippen molar-refractivity contribution in [2.75, 3.05) is 0 Å². The number of thiol groups is 1. The number of hydrogen-bond acceptors (Lipinski definition) is 2. The summed E-state index contributed by atoms with van der Waals surface area (Å²) in [6.07, 6.45) is 3.71. The van der Waals surface area contributed by atoms with Crippen LogP contribution >= 0.6 is 22.5 Å². The molecule has 0 bridgehead atoms. The van der Waals surface area contributed by atoms with Crippen LogP contribution in [0.2, 0.25) is 0 Å². The molecule has 1 aromatic rings. The first kappa shape index (κ1) is 10.0. The predicted molar refractivity (Wildman–Crippen MR) is 59.9 cm³/mol. The summed E-state index contributed by atoms with van der Waals surface area (Å²) in [5.41, 5.74) is 1.43. The van der Waals surface area contributed by atoms with Crippen molar-refractivity contribution in [1.29, 1.82) is 0 Å². The third-order valence-corrected chi connectivity index (χ3v) is 3.06. The molecule has 0 aliphatic rings. The van der Waals surface area contributed by atoms with E-state index in [1.54, 1.807) is 10.8 Å². The molecule has 66 valence electrons. The van der Waals surface area contributed by atoms with E-state index in [-0.39, 0.29) is 0 Å². The van der Waals surface area contributed by atoms with Crippen LogP contribution in [0, 0.1) is 0 Å². The van der Waals surface area contributed by atoms with Crippen molar-refractivity contribution >= 4 is 22.5 Å². The molecule has 0 nitrogen and oxygen atoms in total. The van der Waals surface area contributed by atoms with Crippen molar-refractivity contribution in [3.8, 4) is 0 Å². The number of hydrogen-bond donors (Lipinski definition) is 1. The van der Waals surface area contributed by atoms with Crippen LogP contribution in [0.25, 0.3) is 0 Å². The van der Waals surface area contributed by atoms with E-state index >= 15 is 0 Å². The van der Waals surface area contributed by atoms with Crippen LogP contribution in [0.1, 0.15) is 25.3 Å². The van der Waals surface area contributed by atoms with Gasteiger partial charge in [0, 0.05) is 4.90 Å². The third-order valence-electron chi connectivity index (χ3n) is 1.87. The molecule has 0 aliphatic heterocycles. The molecule has 0 spiro atoms. The quantitative estimate of drug-likeness (QED) is 0.564. The van der Waals surface area contributed by atoms with Gasteiger partial charge in [-0.1, -0.05) is 42.3 Å². The number of aryl methyl sites for hydroxylation is 1. The van der Waals surface area contributed by atoms with Gasteiger partial charge >= 0.3 is 0 Å². The maximum Gasteiger partial charge on any atom is 0.0212 e. The van der Waals surface area contributed by atoms with E-state index in [0.29, 0.717) is 0 Å². The molecular weight excluding hydrogens is 184 g/mol. The summed E-state index contributed by atoms with van der Waals surface area (Å²) in [6.45, 7) is 2.22. The minimum absolute atomic E-state index is 1.18. The highest BCUT2D eigenvalue weighted by atomic mass is 33.1. The van der Waals surface area contributed by atoms with Gasteiger partial charge < -0.3 is 0 Å². The standard InChI is InChI=1S/C10H14S2/c1-2-3-6-9-7-4-5-8-10(9)12-11/h4-5,7-8,11H,2-3,6H2,1H3. The average molecular weight is 198 g/mol. The molecule has 0 unspecified atom stereocenters. The van der Waals surface area contributed by atoms with Crippen LogP contribution in [0.15, 0.2) is 29.2 Å². The van der Waals surface area contributed by atoms with Crippen LogP contribution in [0.3, 0.4) is 0 Å². The molecular formula is C10H14S2. The van der Waals surface area contributed by atoms with Gasteiger partial charge in [-0.05, 0) is 24.5 Å². The number of benzene rings is 1. The Morgan fingerprint density at radius 3 is 2.75 bits per heavy atom. The molecule has 0 fully saturated rings. The molecule has 0 saturated carbocycles. The van der Waals surface area contributed by atoms with Gasteiger partial charge in [0.25, 0.3) is 0 Å². The Labute approximate surface area is 83.6 Å². The molecule has 1 aromatic carbocycles. The van der Waals surface area contributed by atoms with Gasteiger partial charge in [-0.15, -0.1) is 11.7 Å². The number of unbranched alkanes of at least 4 members (excludes halogenated alkanes) is 1. The smallest absolute Gasteiger partial charge is 0.0212 e. The average Bonchev–Trinajstić information content (AvgIpc) is 2.15. The van der Waals surface area contributed by atoms with E-state index < -0.39 is 0 Å². The van der Waals surface area contributed by atoms with Crippen molar-refractivity contribution in [2.24, 2.45) is 0 Å². The van der Waals surface area contributed by atoms with Gasteiger partial charge in [0.15, 0.2) is 0 Å². The molecule has 12 heavy (non-hydrogen) atoms. The summed E-state index contributed by atoms with van der Waals surface area (Å²) < 4.78 is 0. The van der Waals surface area contributed by atoms with Crippen molar-refractivity contribution in [2.45, 2.75) is 31.1 Å². The van der Waals surface area contributed by atoms with Gasteiger partial charge in [0.2, 0.25) is 0 Å². The fourth-order valence-electron chi connectivity index (χ4n) is 1.17. The molecule has 2 heteroatoms. The first-order valence-corrected chi connectivity index (χ1v) is 6.14. The second-order valence-electron chi connectivity index (χ2n) is 2.80. The highest BCUT2D eigenvalue weighted by molar-refractivity contribution is 8.68. The summed E-state index contributed by atoms with van der Waals surface area (Å²) in [5.74, 6) is 0. The summed E-state index contributed by atoms with van der Waals surface area (Å²) in [5, 5.41) is 0. The van der Waals surface area contributed by atoms with Crippen LogP contribution in [0.4, 0.5) is 0 Å². The zero-order valence-electron chi connectivity index (χ0n) is 7.29. The molecule has 0 aliphatic carbocycles. The maximum absolute atomic E-state index is 4.22. The molecule has 0 atom stereocenters. The Balaban J connectivity index is 2.68. The van der Waals surface area contributed by atoms with Crippen LogP contribution in [-0.2, 0) is 6.42 Å². The SMILES string of the molecule is CCCCc1ccccc1SS. The lowest BCUT2D eigenvalue weighted by atomic mass is 10.1. The Morgan fingerprint density at radius 2 is 2.08 bits per heavy atom. The molecule has 0 N–H and O–H groups in total. The largest absolute Gasteiger partial charge is 0.106 e. The van der Waals surface area contributed by atoms with Crippen LogP contribution in [-0.4, -0.2) is 0 Å². The van der Waals surface area contributed by atoms with Gasteiger partial charge in [-0.3, -0.25) is 0 Å². The molecule has 0 amide bonds. The Bertz CT molecular complexity index is 233. The predicted octanol–water partition coefficient (Wildman–Crippen LogP) is 3.97.